The van der Waals surface area contributed by atoms with Crippen LogP contribution >= 0.6 is 0 Å². The van der Waals surface area contributed by atoms with Gasteiger partial charge in [0.15, 0.2) is 11.6 Å². The van der Waals surface area contributed by atoms with Gasteiger partial charge in [-0.25, -0.2) is 14.4 Å². The van der Waals surface area contributed by atoms with E-state index in [9.17, 15) is 9.18 Å². The van der Waals surface area contributed by atoms with E-state index in [1.807, 2.05) is 9.80 Å². The number of rotatable bonds is 2. The van der Waals surface area contributed by atoms with Crippen LogP contribution in [-0.4, -0.2) is 41.1 Å². The number of anilines is 2. The van der Waals surface area contributed by atoms with Gasteiger partial charge in [-0.15, -0.1) is 0 Å². The normalized spacial score (nSPS) is 15.3. The topological polar surface area (TPSA) is 65.1 Å². The average molecular weight is 289 g/mol. The third kappa shape index (κ3) is 2.86. The van der Waals surface area contributed by atoms with Gasteiger partial charge >= 0.3 is 0 Å². The van der Waals surface area contributed by atoms with E-state index in [2.05, 4.69) is 15.0 Å². The van der Waals surface area contributed by atoms with Gasteiger partial charge in [-0.3, -0.25) is 9.78 Å². The lowest BCUT2D eigenvalue weighted by molar-refractivity contribution is 0.584. The van der Waals surface area contributed by atoms with Crippen LogP contribution in [0.1, 0.15) is 5.69 Å². The Morgan fingerprint density at radius 3 is 2.62 bits per heavy atom. The van der Waals surface area contributed by atoms with Crippen LogP contribution in [-0.2, 0) is 0 Å². The van der Waals surface area contributed by atoms with Crippen molar-refractivity contribution in [2.24, 2.45) is 0 Å². The molecule has 0 aliphatic carbocycles. The summed E-state index contributed by atoms with van der Waals surface area (Å²) in [6, 6.07) is 4.45. The second kappa shape index (κ2) is 5.51. The minimum atomic E-state index is -0.312. The van der Waals surface area contributed by atoms with Gasteiger partial charge in [-0.2, -0.15) is 0 Å². The van der Waals surface area contributed by atoms with E-state index in [0.717, 1.165) is 0 Å². The van der Waals surface area contributed by atoms with Crippen LogP contribution < -0.4 is 15.4 Å². The van der Waals surface area contributed by atoms with E-state index >= 15 is 0 Å². The van der Waals surface area contributed by atoms with Crippen molar-refractivity contribution in [2.45, 2.75) is 6.92 Å². The monoisotopic (exact) mass is 289 g/mol. The van der Waals surface area contributed by atoms with E-state index in [1.54, 1.807) is 19.2 Å². The van der Waals surface area contributed by atoms with Crippen molar-refractivity contribution < 1.29 is 4.39 Å². The van der Waals surface area contributed by atoms with E-state index in [4.69, 9.17) is 0 Å². The van der Waals surface area contributed by atoms with E-state index < -0.39 is 0 Å². The number of hydrogen-bond donors (Lipinski definition) is 1. The van der Waals surface area contributed by atoms with Crippen LogP contribution in [0.4, 0.5) is 16.2 Å². The third-order valence-electron chi connectivity index (χ3n) is 3.48. The molecule has 7 heteroatoms. The molecule has 2 aromatic heterocycles. The van der Waals surface area contributed by atoms with Crippen molar-refractivity contribution >= 4 is 11.8 Å². The Morgan fingerprint density at radius 1 is 1.24 bits per heavy atom. The zero-order chi connectivity index (χ0) is 14.8. The van der Waals surface area contributed by atoms with Gasteiger partial charge in [0, 0.05) is 44.1 Å². The summed E-state index contributed by atoms with van der Waals surface area (Å²) in [6.45, 7) is 4.36. The number of nitrogens with zero attached hydrogens (tertiary/aromatic N) is 4. The summed E-state index contributed by atoms with van der Waals surface area (Å²) < 4.78 is 13.7. The highest BCUT2D eigenvalue weighted by atomic mass is 19.1. The Labute approximate surface area is 121 Å². The van der Waals surface area contributed by atoms with Crippen LogP contribution in [0.2, 0.25) is 0 Å². The van der Waals surface area contributed by atoms with Crippen LogP contribution in [0.15, 0.2) is 29.2 Å². The zero-order valence-electron chi connectivity index (χ0n) is 11.7. The number of hydrogen-bond acceptors (Lipinski definition) is 5. The maximum absolute atomic E-state index is 13.7. The molecule has 0 bridgehead atoms. The van der Waals surface area contributed by atoms with Gasteiger partial charge in [-0.1, -0.05) is 0 Å². The molecule has 1 aliphatic rings. The summed E-state index contributed by atoms with van der Waals surface area (Å²) in [7, 11) is 0. The molecule has 0 atom stereocenters. The molecule has 1 saturated heterocycles. The molecule has 3 rings (SSSR count). The molecule has 0 amide bonds. The number of pyridine rings is 1. The summed E-state index contributed by atoms with van der Waals surface area (Å²) in [5.74, 6) is 0.636. The first-order valence-electron chi connectivity index (χ1n) is 6.82. The molecule has 0 aromatic carbocycles. The minimum Gasteiger partial charge on any atom is -0.351 e. The fourth-order valence-electron chi connectivity index (χ4n) is 2.45. The van der Waals surface area contributed by atoms with Crippen LogP contribution in [0.25, 0.3) is 0 Å². The molecule has 110 valence electrons. The maximum atomic E-state index is 13.7. The number of nitrogens with one attached hydrogen (secondary N) is 1. The zero-order valence-corrected chi connectivity index (χ0v) is 11.7. The van der Waals surface area contributed by atoms with E-state index in [1.165, 1.54) is 12.1 Å². The van der Waals surface area contributed by atoms with Crippen LogP contribution in [0.5, 0.6) is 0 Å². The van der Waals surface area contributed by atoms with Gasteiger partial charge in [0.25, 0.3) is 5.56 Å². The third-order valence-corrected chi connectivity index (χ3v) is 3.48. The second-order valence-corrected chi connectivity index (χ2v) is 4.99. The highest BCUT2D eigenvalue weighted by molar-refractivity contribution is 5.43. The number of aromatic nitrogens is 3. The molecule has 1 N–H and O–H groups in total. The highest BCUT2D eigenvalue weighted by Crippen LogP contribution is 2.18. The molecule has 6 nitrogen and oxygen atoms in total. The van der Waals surface area contributed by atoms with Crippen molar-refractivity contribution in [2.75, 3.05) is 36.0 Å². The van der Waals surface area contributed by atoms with Crippen molar-refractivity contribution in [3.8, 4) is 0 Å². The lowest BCUT2D eigenvalue weighted by Gasteiger charge is -2.35. The summed E-state index contributed by atoms with van der Waals surface area (Å²) in [6.07, 6.45) is 1.59. The van der Waals surface area contributed by atoms with Gasteiger partial charge in [0.2, 0.25) is 5.95 Å². The fourth-order valence-corrected chi connectivity index (χ4v) is 2.45. The minimum absolute atomic E-state index is 0.157. The summed E-state index contributed by atoms with van der Waals surface area (Å²) >= 11 is 0. The van der Waals surface area contributed by atoms with Crippen LogP contribution in [0.3, 0.4) is 0 Å². The summed E-state index contributed by atoms with van der Waals surface area (Å²) in [5.41, 5.74) is 0.530. The largest absolute Gasteiger partial charge is 0.351 e. The Kier molecular flexibility index (Phi) is 3.55. The second-order valence-electron chi connectivity index (χ2n) is 4.99. The maximum Gasteiger partial charge on any atom is 0.252 e. The Balaban J connectivity index is 1.73. The molecule has 0 spiro atoms. The molecule has 0 radical (unpaired) electrons. The van der Waals surface area contributed by atoms with Gasteiger partial charge in [0.1, 0.15) is 0 Å². The Hall–Kier alpha value is -2.44. The molecule has 21 heavy (non-hydrogen) atoms. The molecule has 0 saturated carbocycles. The lowest BCUT2D eigenvalue weighted by atomic mass is 10.3. The highest BCUT2D eigenvalue weighted by Gasteiger charge is 2.21. The Morgan fingerprint density at radius 2 is 1.95 bits per heavy atom. The van der Waals surface area contributed by atoms with Crippen molar-refractivity contribution in [1.29, 1.82) is 0 Å². The quantitative estimate of drug-likeness (QED) is 0.891. The number of halogens is 1. The van der Waals surface area contributed by atoms with E-state index in [0.29, 0.717) is 43.6 Å². The molecule has 3 heterocycles. The average Bonchev–Trinajstić information content (AvgIpc) is 2.47. The van der Waals surface area contributed by atoms with Gasteiger partial charge < -0.3 is 9.80 Å². The smallest absolute Gasteiger partial charge is 0.252 e. The van der Waals surface area contributed by atoms with Crippen molar-refractivity contribution in [1.82, 2.24) is 15.0 Å². The molecule has 2 aromatic rings. The van der Waals surface area contributed by atoms with Crippen molar-refractivity contribution in [3.05, 3.63) is 46.3 Å². The fraction of sp³-hybridized carbons (Fsp3) is 0.357. The summed E-state index contributed by atoms with van der Waals surface area (Å²) in [5, 5.41) is 0. The first-order valence-corrected chi connectivity index (χ1v) is 6.82. The number of aromatic amines is 1. The predicted octanol–water partition coefficient (Wildman–Crippen LogP) is 0.939. The van der Waals surface area contributed by atoms with Crippen molar-refractivity contribution in [3.63, 3.8) is 0 Å². The molecular formula is C14H16FN5O. The first kappa shape index (κ1) is 13.5. The predicted molar refractivity (Wildman–Crippen MR) is 78.2 cm³/mol. The SMILES string of the molecule is Cc1cc(=O)[nH]c(N2CCN(c3ncccc3F)CC2)n1. The standard InChI is InChI=1S/C14H16FN5O/c1-10-9-12(21)18-14(17-10)20-7-5-19(6-8-20)13-11(15)3-2-4-16-13/h2-4,9H,5-8H2,1H3,(H,17,18,21). The first-order chi connectivity index (χ1) is 10.1. The number of H-pyrrole nitrogens is 1. The number of piperazine rings is 1. The van der Waals surface area contributed by atoms with Crippen LogP contribution in [0, 0.1) is 12.7 Å². The van der Waals surface area contributed by atoms with E-state index in [-0.39, 0.29) is 11.4 Å². The molecular weight excluding hydrogens is 273 g/mol. The molecule has 1 fully saturated rings. The Bertz CT molecular complexity index is 694. The molecule has 0 unspecified atom stereocenters. The number of aryl methyl sites for hydroxylation is 1. The van der Waals surface area contributed by atoms with Gasteiger partial charge in [0.05, 0.1) is 0 Å². The lowest BCUT2D eigenvalue weighted by Crippen LogP contribution is -2.48. The van der Waals surface area contributed by atoms with Gasteiger partial charge in [-0.05, 0) is 19.1 Å². The molecule has 1 aliphatic heterocycles. The summed E-state index contributed by atoms with van der Waals surface area (Å²) in [4.78, 5) is 26.5.